The minimum atomic E-state index is -0.667. The summed E-state index contributed by atoms with van der Waals surface area (Å²) in [4.78, 5) is 19.8. The van der Waals surface area contributed by atoms with Gasteiger partial charge < -0.3 is 20.3 Å². The van der Waals surface area contributed by atoms with E-state index in [2.05, 4.69) is 25.6 Å². The summed E-state index contributed by atoms with van der Waals surface area (Å²) in [6.45, 7) is 4.77. The number of carbonyl (C=O) groups excluding carboxylic acids is 1. The average Bonchev–Trinajstić information content (AvgIpc) is 3.25. The van der Waals surface area contributed by atoms with Crippen LogP contribution in [0.15, 0.2) is 36.8 Å². The summed E-state index contributed by atoms with van der Waals surface area (Å²) in [5, 5.41) is 10.6. The Balaban J connectivity index is 0.00000140. The van der Waals surface area contributed by atoms with Gasteiger partial charge in [-0.15, -0.1) is 24.8 Å². The second-order valence-electron chi connectivity index (χ2n) is 6.69. The molecular formula is C18H26Cl2N6O2. The van der Waals surface area contributed by atoms with Crippen LogP contribution in [-0.2, 0) is 15.1 Å². The lowest BCUT2D eigenvalue weighted by atomic mass is 9.87. The second-order valence-corrected chi connectivity index (χ2v) is 6.69. The van der Waals surface area contributed by atoms with Crippen LogP contribution in [-0.4, -0.2) is 60.1 Å². The molecule has 0 unspecified atom stereocenters. The molecule has 10 heteroatoms. The quantitative estimate of drug-likeness (QED) is 0.770. The second kappa shape index (κ2) is 10.1. The fourth-order valence-corrected chi connectivity index (χ4v) is 3.62. The number of hydrogen-bond acceptors (Lipinski definition) is 6. The van der Waals surface area contributed by atoms with E-state index in [0.717, 1.165) is 45.1 Å². The van der Waals surface area contributed by atoms with E-state index >= 15 is 0 Å². The van der Waals surface area contributed by atoms with Crippen LogP contribution in [0.5, 0.6) is 0 Å². The molecule has 2 fully saturated rings. The van der Waals surface area contributed by atoms with Gasteiger partial charge in [0, 0.05) is 25.5 Å². The SMILES string of the molecule is Cl.Cl.O=C(Nc1ccc(N2CCOCC2)cn1)C1(n2cccn2)CCNCC1. The molecule has 28 heavy (non-hydrogen) atoms. The Morgan fingerprint density at radius 3 is 2.54 bits per heavy atom. The van der Waals surface area contributed by atoms with E-state index in [4.69, 9.17) is 4.74 Å². The van der Waals surface area contributed by atoms with E-state index in [1.165, 1.54) is 0 Å². The van der Waals surface area contributed by atoms with Gasteiger partial charge in [0.1, 0.15) is 11.4 Å². The van der Waals surface area contributed by atoms with E-state index in [9.17, 15) is 4.79 Å². The predicted molar refractivity (Wildman–Crippen MR) is 113 cm³/mol. The van der Waals surface area contributed by atoms with Crippen LogP contribution in [0.1, 0.15) is 12.8 Å². The molecule has 8 nitrogen and oxygen atoms in total. The van der Waals surface area contributed by atoms with E-state index in [1.54, 1.807) is 10.9 Å². The topological polar surface area (TPSA) is 84.3 Å². The van der Waals surface area contributed by atoms with Crippen molar-refractivity contribution in [1.82, 2.24) is 20.1 Å². The summed E-state index contributed by atoms with van der Waals surface area (Å²) < 4.78 is 7.16. The summed E-state index contributed by atoms with van der Waals surface area (Å²) in [6.07, 6.45) is 6.79. The monoisotopic (exact) mass is 428 g/mol. The van der Waals surface area contributed by atoms with E-state index < -0.39 is 5.54 Å². The van der Waals surface area contributed by atoms with Crippen molar-refractivity contribution in [1.29, 1.82) is 0 Å². The van der Waals surface area contributed by atoms with Crippen LogP contribution >= 0.6 is 24.8 Å². The summed E-state index contributed by atoms with van der Waals surface area (Å²) in [5.74, 6) is 0.506. The molecule has 2 aromatic rings. The number of halogens is 2. The van der Waals surface area contributed by atoms with Crippen LogP contribution in [0, 0.1) is 0 Å². The zero-order valence-corrected chi connectivity index (χ0v) is 17.2. The Kier molecular flexibility index (Phi) is 8.06. The Morgan fingerprint density at radius 1 is 1.18 bits per heavy atom. The summed E-state index contributed by atoms with van der Waals surface area (Å²) >= 11 is 0. The van der Waals surface area contributed by atoms with E-state index in [1.807, 2.05) is 30.6 Å². The Hall–Kier alpha value is -1.87. The maximum Gasteiger partial charge on any atom is 0.253 e. The van der Waals surface area contributed by atoms with Gasteiger partial charge in [0.2, 0.25) is 0 Å². The minimum Gasteiger partial charge on any atom is -0.378 e. The number of pyridine rings is 1. The first-order valence-corrected chi connectivity index (χ1v) is 9.09. The fraction of sp³-hybridized carbons (Fsp3) is 0.500. The number of hydrogen-bond donors (Lipinski definition) is 2. The van der Waals surface area contributed by atoms with Gasteiger partial charge in [0.05, 0.1) is 25.1 Å². The highest BCUT2D eigenvalue weighted by molar-refractivity contribution is 5.96. The van der Waals surface area contributed by atoms with Crippen LogP contribution in [0.25, 0.3) is 0 Å². The smallest absolute Gasteiger partial charge is 0.253 e. The number of ether oxygens (including phenoxy) is 1. The molecule has 0 radical (unpaired) electrons. The molecule has 2 aliphatic rings. The molecule has 2 aliphatic heterocycles. The van der Waals surface area contributed by atoms with Gasteiger partial charge in [0.25, 0.3) is 5.91 Å². The Morgan fingerprint density at radius 2 is 1.93 bits per heavy atom. The van der Waals surface area contributed by atoms with Gasteiger partial charge in [-0.05, 0) is 44.1 Å². The van der Waals surface area contributed by atoms with Crippen LogP contribution < -0.4 is 15.5 Å². The van der Waals surface area contributed by atoms with Crippen molar-refractivity contribution < 1.29 is 9.53 Å². The Bertz CT molecular complexity index is 729. The third-order valence-electron chi connectivity index (χ3n) is 5.16. The number of morpholine rings is 1. The van der Waals surface area contributed by atoms with Gasteiger partial charge in [0.15, 0.2) is 0 Å². The lowest BCUT2D eigenvalue weighted by Crippen LogP contribution is -2.52. The van der Waals surface area contributed by atoms with E-state index in [0.29, 0.717) is 18.7 Å². The first-order chi connectivity index (χ1) is 12.8. The lowest BCUT2D eigenvalue weighted by Gasteiger charge is -2.36. The van der Waals surface area contributed by atoms with Crippen molar-refractivity contribution in [3.05, 3.63) is 36.8 Å². The third kappa shape index (κ3) is 4.57. The standard InChI is InChI=1S/C18H24N6O2.2ClH/c25-17(18(4-7-19-8-5-18)24-9-1-6-21-24)22-16-3-2-15(14-20-16)23-10-12-26-13-11-23;;/h1-3,6,9,14,19H,4-5,7-8,10-13H2,(H,20,22,25);2*1H. The van der Waals surface area contributed by atoms with Gasteiger partial charge in [-0.25, -0.2) is 4.98 Å². The van der Waals surface area contributed by atoms with Gasteiger partial charge in [-0.1, -0.05) is 0 Å². The molecule has 2 N–H and O–H groups in total. The van der Waals surface area contributed by atoms with Gasteiger partial charge in [-0.2, -0.15) is 5.10 Å². The summed E-state index contributed by atoms with van der Waals surface area (Å²) in [5.41, 5.74) is 0.384. The number of amides is 1. The van der Waals surface area contributed by atoms with Gasteiger partial charge in [-0.3, -0.25) is 9.48 Å². The summed E-state index contributed by atoms with van der Waals surface area (Å²) in [7, 11) is 0. The number of rotatable bonds is 4. The predicted octanol–water partition coefficient (Wildman–Crippen LogP) is 1.68. The average molecular weight is 429 g/mol. The number of carbonyl (C=O) groups is 1. The zero-order chi connectivity index (χ0) is 17.8. The number of nitrogens with one attached hydrogen (secondary N) is 2. The molecule has 0 aliphatic carbocycles. The highest BCUT2D eigenvalue weighted by atomic mass is 35.5. The van der Waals surface area contributed by atoms with Crippen molar-refractivity contribution in [2.24, 2.45) is 0 Å². The number of piperidine rings is 1. The molecule has 4 heterocycles. The maximum absolute atomic E-state index is 13.1. The number of nitrogens with zero attached hydrogens (tertiary/aromatic N) is 4. The number of aromatic nitrogens is 3. The maximum atomic E-state index is 13.1. The normalized spacial score (nSPS) is 18.5. The zero-order valence-electron chi connectivity index (χ0n) is 15.5. The molecule has 0 aromatic carbocycles. The molecule has 2 aromatic heterocycles. The molecule has 0 bridgehead atoms. The first-order valence-electron chi connectivity index (χ1n) is 9.09. The highest BCUT2D eigenvalue weighted by Crippen LogP contribution is 2.28. The molecule has 154 valence electrons. The Labute approximate surface area is 176 Å². The largest absolute Gasteiger partial charge is 0.378 e. The first kappa shape index (κ1) is 22.4. The lowest BCUT2D eigenvalue weighted by molar-refractivity contribution is -0.126. The van der Waals surface area contributed by atoms with Gasteiger partial charge >= 0.3 is 0 Å². The minimum absolute atomic E-state index is 0. The van der Waals surface area contributed by atoms with E-state index in [-0.39, 0.29) is 30.7 Å². The molecule has 0 spiro atoms. The van der Waals surface area contributed by atoms with Crippen LogP contribution in [0.4, 0.5) is 11.5 Å². The van der Waals surface area contributed by atoms with Crippen molar-refractivity contribution in [2.75, 3.05) is 49.6 Å². The highest BCUT2D eigenvalue weighted by Gasteiger charge is 2.42. The third-order valence-corrected chi connectivity index (χ3v) is 5.16. The molecule has 2 saturated heterocycles. The molecular weight excluding hydrogens is 403 g/mol. The number of anilines is 2. The summed E-state index contributed by atoms with van der Waals surface area (Å²) in [6, 6.07) is 5.71. The van der Waals surface area contributed by atoms with Crippen LogP contribution in [0.2, 0.25) is 0 Å². The van der Waals surface area contributed by atoms with Crippen molar-refractivity contribution >= 4 is 42.2 Å². The molecule has 0 saturated carbocycles. The molecule has 1 amide bonds. The molecule has 0 atom stereocenters. The fourth-order valence-electron chi connectivity index (χ4n) is 3.62. The van der Waals surface area contributed by atoms with Crippen LogP contribution in [0.3, 0.4) is 0 Å². The van der Waals surface area contributed by atoms with Crippen molar-refractivity contribution in [3.8, 4) is 0 Å². The van der Waals surface area contributed by atoms with Crippen molar-refractivity contribution in [2.45, 2.75) is 18.4 Å². The van der Waals surface area contributed by atoms with Crippen molar-refractivity contribution in [3.63, 3.8) is 0 Å². The molecule has 4 rings (SSSR count).